The summed E-state index contributed by atoms with van der Waals surface area (Å²) >= 11 is 0. The zero-order valence-electron chi connectivity index (χ0n) is 25.4. The molecule has 0 aromatic rings. The second kappa shape index (κ2) is 17.5. The number of carbonyl (C=O) groups excluding carboxylic acids is 2. The lowest BCUT2D eigenvalue weighted by Crippen LogP contribution is -2.69. The summed E-state index contributed by atoms with van der Waals surface area (Å²) in [5.74, 6) is -0.931. The monoisotopic (exact) mass is 657 g/mol. The maximum atomic E-state index is 12.4. The van der Waals surface area contributed by atoms with Gasteiger partial charge in [-0.15, -0.1) is 0 Å². The van der Waals surface area contributed by atoms with Gasteiger partial charge in [0.05, 0.1) is 26.4 Å². The topological polar surface area (TPSA) is 273 Å². The molecule has 3 fully saturated rings. The molecule has 1 amide bonds. The SMILES string of the molecule is COC(=O)CCCCCO[C@@H]1O[C@H](CO)[C@@H](O[C@@H]2O[C@H](CO)[C@H](O)[C@H](O)[C@H]2O)[C@H](O[C@@H]2O[C@@H](C)[C@@H](O)[C@@H](O)[C@@H]2O)[C@H]1NC(C)=O. The highest BCUT2D eigenvalue weighted by Crippen LogP contribution is 2.34. The Hall–Kier alpha value is -1.62. The van der Waals surface area contributed by atoms with Crippen LogP contribution in [0.2, 0.25) is 0 Å². The zero-order chi connectivity index (χ0) is 33.4. The normalized spacial score (nSPS) is 42.2. The van der Waals surface area contributed by atoms with Gasteiger partial charge in [0, 0.05) is 20.0 Å². The number of unbranched alkanes of at least 4 members (excludes halogenated alkanes) is 2. The molecule has 15 atom stereocenters. The molecule has 3 saturated heterocycles. The first-order valence-corrected chi connectivity index (χ1v) is 14.9. The standard InChI is InChI=1S/C27H47NO17/c1-11-17(33)19(35)21(37)26(41-11)45-24-16(28-12(2)31)25(40-8-6-4-5-7-15(32)39-3)43-14(10-30)23(24)44-27-22(38)20(36)18(34)13(9-29)42-27/h11,13-14,16-27,29-30,33-38H,4-10H2,1-3H3,(H,28,31)/t11-,13+,14+,16+,17+,18-,19+,20-,21-,22+,23+,24+,25+,26-,27-/m0/s1. The molecule has 0 bridgehead atoms. The van der Waals surface area contributed by atoms with Crippen molar-refractivity contribution in [3.63, 3.8) is 0 Å². The van der Waals surface area contributed by atoms with Crippen molar-refractivity contribution in [2.24, 2.45) is 0 Å². The van der Waals surface area contributed by atoms with Crippen molar-refractivity contribution in [1.82, 2.24) is 5.32 Å². The van der Waals surface area contributed by atoms with Gasteiger partial charge in [0.25, 0.3) is 0 Å². The predicted octanol–water partition coefficient (Wildman–Crippen LogP) is -4.64. The first kappa shape index (κ1) is 37.8. The van der Waals surface area contributed by atoms with Crippen LogP contribution in [0.15, 0.2) is 0 Å². The van der Waals surface area contributed by atoms with Crippen LogP contribution in [0.1, 0.15) is 39.5 Å². The van der Waals surface area contributed by atoms with Crippen LogP contribution in [0, 0.1) is 0 Å². The van der Waals surface area contributed by atoms with E-state index < -0.39 is 111 Å². The molecule has 3 rings (SSSR count). The van der Waals surface area contributed by atoms with Crippen molar-refractivity contribution in [1.29, 1.82) is 0 Å². The number of aliphatic hydroxyl groups is 8. The Morgan fingerprint density at radius 1 is 0.711 bits per heavy atom. The lowest BCUT2D eigenvalue weighted by molar-refractivity contribution is -0.373. The van der Waals surface area contributed by atoms with Crippen molar-refractivity contribution in [3.05, 3.63) is 0 Å². The Morgan fingerprint density at radius 2 is 1.29 bits per heavy atom. The first-order valence-electron chi connectivity index (χ1n) is 14.9. The Bertz CT molecular complexity index is 928. The highest BCUT2D eigenvalue weighted by Gasteiger charge is 2.54. The average Bonchev–Trinajstić information content (AvgIpc) is 3.01. The van der Waals surface area contributed by atoms with Gasteiger partial charge in [-0.3, -0.25) is 9.59 Å². The van der Waals surface area contributed by atoms with Gasteiger partial charge in [-0.2, -0.15) is 0 Å². The molecular formula is C27H47NO17. The predicted molar refractivity (Wildman–Crippen MR) is 146 cm³/mol. The van der Waals surface area contributed by atoms with Crippen LogP contribution in [-0.4, -0.2) is 172 Å². The fourth-order valence-corrected chi connectivity index (χ4v) is 5.37. The molecule has 0 aromatic heterocycles. The molecule has 9 N–H and O–H groups in total. The number of nitrogens with one attached hydrogen (secondary N) is 1. The van der Waals surface area contributed by atoms with E-state index in [0.717, 1.165) is 0 Å². The van der Waals surface area contributed by atoms with E-state index >= 15 is 0 Å². The quantitative estimate of drug-likeness (QED) is 0.0627. The van der Waals surface area contributed by atoms with E-state index in [4.69, 9.17) is 28.4 Å². The third kappa shape index (κ3) is 9.48. The lowest BCUT2D eigenvalue weighted by atomic mass is 9.94. The summed E-state index contributed by atoms with van der Waals surface area (Å²) in [5, 5.41) is 84.9. The maximum absolute atomic E-state index is 12.4. The molecule has 18 nitrogen and oxygen atoms in total. The van der Waals surface area contributed by atoms with E-state index in [1.807, 2.05) is 0 Å². The van der Waals surface area contributed by atoms with Gasteiger partial charge in [0.2, 0.25) is 5.91 Å². The number of amides is 1. The van der Waals surface area contributed by atoms with Crippen LogP contribution in [0.4, 0.5) is 0 Å². The molecule has 3 aliphatic rings. The molecule has 45 heavy (non-hydrogen) atoms. The molecule has 0 saturated carbocycles. The number of esters is 1. The lowest BCUT2D eigenvalue weighted by Gasteiger charge is -2.50. The number of methoxy groups -OCH3 is 1. The number of rotatable bonds is 14. The van der Waals surface area contributed by atoms with Crippen molar-refractivity contribution < 1.29 is 83.6 Å². The van der Waals surface area contributed by atoms with E-state index in [2.05, 4.69) is 10.1 Å². The first-order chi connectivity index (χ1) is 21.3. The summed E-state index contributed by atoms with van der Waals surface area (Å²) in [4.78, 5) is 23.7. The van der Waals surface area contributed by atoms with Gasteiger partial charge in [0.1, 0.15) is 67.1 Å². The van der Waals surface area contributed by atoms with Gasteiger partial charge in [-0.05, 0) is 19.8 Å². The van der Waals surface area contributed by atoms with Gasteiger partial charge in [-0.1, -0.05) is 6.42 Å². The Balaban J connectivity index is 1.89. The van der Waals surface area contributed by atoms with Crippen molar-refractivity contribution in [2.75, 3.05) is 26.9 Å². The number of carbonyl (C=O) groups is 2. The van der Waals surface area contributed by atoms with Crippen LogP contribution in [0.3, 0.4) is 0 Å². The summed E-state index contributed by atoms with van der Waals surface area (Å²) in [5.41, 5.74) is 0. The molecule has 3 heterocycles. The van der Waals surface area contributed by atoms with Gasteiger partial charge < -0.3 is 79.3 Å². The summed E-state index contributed by atoms with van der Waals surface area (Å²) < 4.78 is 39.6. The summed E-state index contributed by atoms with van der Waals surface area (Å²) in [7, 11) is 1.29. The minimum Gasteiger partial charge on any atom is -0.469 e. The van der Waals surface area contributed by atoms with Gasteiger partial charge >= 0.3 is 5.97 Å². The van der Waals surface area contributed by atoms with Crippen molar-refractivity contribution in [2.45, 2.75) is 132 Å². The maximum Gasteiger partial charge on any atom is 0.305 e. The van der Waals surface area contributed by atoms with E-state index in [9.17, 15) is 50.4 Å². The molecule has 3 aliphatic heterocycles. The Labute approximate surface area is 259 Å². The Kier molecular flexibility index (Phi) is 14.7. The Morgan fingerprint density at radius 3 is 1.89 bits per heavy atom. The van der Waals surface area contributed by atoms with Crippen LogP contribution in [-0.2, 0) is 42.7 Å². The number of hydrogen-bond acceptors (Lipinski definition) is 17. The van der Waals surface area contributed by atoms with E-state index in [-0.39, 0.29) is 19.0 Å². The number of ether oxygens (including phenoxy) is 7. The minimum absolute atomic E-state index is 0.0789. The third-order valence-corrected chi connectivity index (χ3v) is 7.97. The smallest absolute Gasteiger partial charge is 0.305 e. The molecule has 0 aromatic carbocycles. The number of hydrogen-bond donors (Lipinski definition) is 9. The molecule has 262 valence electrons. The summed E-state index contributed by atoms with van der Waals surface area (Å²) in [6, 6.07) is -1.25. The van der Waals surface area contributed by atoms with Gasteiger partial charge in [-0.25, -0.2) is 0 Å². The molecule has 18 heteroatoms. The fourth-order valence-electron chi connectivity index (χ4n) is 5.37. The highest BCUT2D eigenvalue weighted by molar-refractivity contribution is 5.73. The van der Waals surface area contributed by atoms with Crippen LogP contribution >= 0.6 is 0 Å². The fraction of sp³-hybridized carbons (Fsp3) is 0.926. The van der Waals surface area contributed by atoms with Crippen LogP contribution in [0.5, 0.6) is 0 Å². The summed E-state index contributed by atoms with van der Waals surface area (Å²) in [6.45, 7) is 1.21. The third-order valence-electron chi connectivity index (χ3n) is 7.97. The largest absolute Gasteiger partial charge is 0.469 e. The number of aliphatic hydroxyl groups excluding tert-OH is 8. The molecule has 0 unspecified atom stereocenters. The van der Waals surface area contributed by atoms with E-state index in [0.29, 0.717) is 19.3 Å². The van der Waals surface area contributed by atoms with Crippen molar-refractivity contribution >= 4 is 11.9 Å². The molecule has 0 aliphatic carbocycles. The highest BCUT2D eigenvalue weighted by atomic mass is 16.8. The second-order valence-corrected chi connectivity index (χ2v) is 11.3. The van der Waals surface area contributed by atoms with E-state index in [1.54, 1.807) is 0 Å². The molecule has 0 spiro atoms. The molecule has 0 radical (unpaired) electrons. The second-order valence-electron chi connectivity index (χ2n) is 11.3. The van der Waals surface area contributed by atoms with Gasteiger partial charge in [0.15, 0.2) is 18.9 Å². The van der Waals surface area contributed by atoms with E-state index in [1.165, 1.54) is 21.0 Å². The average molecular weight is 658 g/mol. The zero-order valence-corrected chi connectivity index (χ0v) is 25.4. The van der Waals surface area contributed by atoms with Crippen LogP contribution in [0.25, 0.3) is 0 Å². The minimum atomic E-state index is -1.85. The van der Waals surface area contributed by atoms with Crippen LogP contribution < -0.4 is 5.32 Å². The molecular weight excluding hydrogens is 610 g/mol. The van der Waals surface area contributed by atoms with Crippen molar-refractivity contribution in [3.8, 4) is 0 Å². The summed E-state index contributed by atoms with van der Waals surface area (Å²) in [6.07, 6.45) is -19.7.